The molecular formula is C10H11N5S2. The van der Waals surface area contributed by atoms with Crippen molar-refractivity contribution in [3.63, 3.8) is 0 Å². The lowest BCUT2D eigenvalue weighted by atomic mass is 10.4. The zero-order valence-corrected chi connectivity index (χ0v) is 10.9. The topological polar surface area (TPSA) is 69.6 Å². The average Bonchev–Trinajstić information content (AvgIpc) is 2.93. The van der Waals surface area contributed by atoms with Crippen molar-refractivity contribution >= 4 is 23.1 Å². The van der Waals surface area contributed by atoms with Crippen LogP contribution in [-0.4, -0.2) is 26.8 Å². The van der Waals surface area contributed by atoms with Gasteiger partial charge in [-0.05, 0) is 22.6 Å². The second-order valence-electron chi connectivity index (χ2n) is 3.15. The monoisotopic (exact) mass is 265 g/mol. The van der Waals surface area contributed by atoms with Crippen LogP contribution in [0.5, 0.6) is 0 Å². The van der Waals surface area contributed by atoms with Crippen LogP contribution in [0, 0.1) is 11.8 Å². The summed E-state index contributed by atoms with van der Waals surface area (Å²) in [5, 5.41) is 12.1. The number of thiophene rings is 1. The van der Waals surface area contributed by atoms with E-state index in [4.69, 9.17) is 5.73 Å². The summed E-state index contributed by atoms with van der Waals surface area (Å²) in [5.41, 5.74) is 5.32. The largest absolute Gasteiger partial charge is 0.320 e. The SMILES string of the molecule is Cn1nnnc1SCc1ccc(C#CCN)s1. The summed E-state index contributed by atoms with van der Waals surface area (Å²) in [4.78, 5) is 2.29. The first-order valence-corrected chi connectivity index (χ1v) is 6.72. The van der Waals surface area contributed by atoms with Gasteiger partial charge in [-0.3, -0.25) is 0 Å². The van der Waals surface area contributed by atoms with Gasteiger partial charge in [0.1, 0.15) is 0 Å². The van der Waals surface area contributed by atoms with Crippen LogP contribution in [0.2, 0.25) is 0 Å². The quantitative estimate of drug-likeness (QED) is 0.659. The number of rotatable bonds is 3. The molecule has 2 aromatic heterocycles. The molecule has 2 heterocycles. The molecule has 0 aliphatic rings. The molecule has 0 fully saturated rings. The van der Waals surface area contributed by atoms with Crippen LogP contribution in [0.1, 0.15) is 9.75 Å². The second-order valence-corrected chi connectivity index (χ2v) is 5.26. The lowest BCUT2D eigenvalue weighted by Crippen LogP contribution is -1.92. The van der Waals surface area contributed by atoms with Crippen molar-refractivity contribution < 1.29 is 0 Å². The van der Waals surface area contributed by atoms with E-state index in [0.717, 1.165) is 15.8 Å². The minimum Gasteiger partial charge on any atom is -0.320 e. The Labute approximate surface area is 107 Å². The highest BCUT2D eigenvalue weighted by molar-refractivity contribution is 7.98. The van der Waals surface area contributed by atoms with Gasteiger partial charge in [-0.1, -0.05) is 23.6 Å². The number of aryl methyl sites for hydroxylation is 1. The summed E-state index contributed by atoms with van der Waals surface area (Å²) < 4.78 is 1.66. The van der Waals surface area contributed by atoms with Crippen molar-refractivity contribution in [3.05, 3.63) is 21.9 Å². The van der Waals surface area contributed by atoms with Gasteiger partial charge in [0.15, 0.2) is 0 Å². The normalized spacial score (nSPS) is 10.0. The molecule has 0 unspecified atom stereocenters. The van der Waals surface area contributed by atoms with Gasteiger partial charge < -0.3 is 5.73 Å². The summed E-state index contributed by atoms with van der Waals surface area (Å²) in [6, 6.07) is 4.08. The van der Waals surface area contributed by atoms with Crippen molar-refractivity contribution in [2.24, 2.45) is 12.8 Å². The first-order valence-electron chi connectivity index (χ1n) is 4.92. The maximum atomic E-state index is 5.32. The Balaban J connectivity index is 1.96. The lowest BCUT2D eigenvalue weighted by Gasteiger charge is -1.95. The zero-order valence-electron chi connectivity index (χ0n) is 9.25. The third-order valence-corrected chi connectivity index (χ3v) is 4.14. The van der Waals surface area contributed by atoms with Crippen molar-refractivity contribution in [2.45, 2.75) is 10.9 Å². The Morgan fingerprint density at radius 1 is 1.53 bits per heavy atom. The number of nitrogens with zero attached hydrogens (tertiary/aromatic N) is 4. The molecule has 0 saturated carbocycles. The van der Waals surface area contributed by atoms with Gasteiger partial charge in [-0.25, -0.2) is 4.68 Å². The molecule has 2 rings (SSSR count). The summed E-state index contributed by atoms with van der Waals surface area (Å²) in [7, 11) is 1.83. The van der Waals surface area contributed by atoms with Crippen LogP contribution in [0.15, 0.2) is 17.3 Å². The first kappa shape index (κ1) is 12.1. The molecule has 0 amide bonds. The van der Waals surface area contributed by atoms with E-state index in [9.17, 15) is 0 Å². The van der Waals surface area contributed by atoms with Crippen LogP contribution < -0.4 is 5.73 Å². The number of aromatic nitrogens is 4. The van der Waals surface area contributed by atoms with Crippen LogP contribution in [0.3, 0.4) is 0 Å². The molecule has 0 radical (unpaired) electrons. The Bertz CT molecular complexity index is 548. The van der Waals surface area contributed by atoms with Gasteiger partial charge in [0, 0.05) is 17.7 Å². The molecule has 17 heavy (non-hydrogen) atoms. The molecule has 2 N–H and O–H groups in total. The number of hydrogen-bond acceptors (Lipinski definition) is 6. The molecule has 0 spiro atoms. The van der Waals surface area contributed by atoms with Crippen LogP contribution in [0.25, 0.3) is 0 Å². The molecule has 0 aliphatic heterocycles. The fourth-order valence-corrected chi connectivity index (χ4v) is 2.92. The van der Waals surface area contributed by atoms with E-state index in [2.05, 4.69) is 33.4 Å². The second kappa shape index (κ2) is 5.82. The van der Waals surface area contributed by atoms with E-state index in [-0.39, 0.29) is 0 Å². The van der Waals surface area contributed by atoms with E-state index in [1.807, 2.05) is 13.1 Å². The van der Waals surface area contributed by atoms with Crippen LogP contribution >= 0.6 is 23.1 Å². The minimum absolute atomic E-state index is 0.395. The fraction of sp³-hybridized carbons (Fsp3) is 0.300. The van der Waals surface area contributed by atoms with Crippen LogP contribution in [-0.2, 0) is 12.8 Å². The van der Waals surface area contributed by atoms with Crippen molar-refractivity contribution in [2.75, 3.05) is 6.54 Å². The number of nitrogens with two attached hydrogens (primary N) is 1. The fourth-order valence-electron chi connectivity index (χ4n) is 1.14. The number of hydrogen-bond donors (Lipinski definition) is 1. The maximum Gasteiger partial charge on any atom is 0.209 e. The first-order chi connectivity index (χ1) is 8.29. The summed E-state index contributed by atoms with van der Waals surface area (Å²) >= 11 is 3.28. The van der Waals surface area contributed by atoms with Gasteiger partial charge >= 0.3 is 0 Å². The van der Waals surface area contributed by atoms with E-state index < -0.39 is 0 Å². The zero-order chi connectivity index (χ0) is 12.1. The Morgan fingerprint density at radius 3 is 3.12 bits per heavy atom. The Hall–Kier alpha value is -1.36. The minimum atomic E-state index is 0.395. The Morgan fingerprint density at radius 2 is 2.41 bits per heavy atom. The van der Waals surface area contributed by atoms with E-state index in [1.165, 1.54) is 4.88 Å². The molecule has 0 saturated heterocycles. The third-order valence-electron chi connectivity index (χ3n) is 1.90. The van der Waals surface area contributed by atoms with Gasteiger partial charge in [0.05, 0.1) is 11.4 Å². The maximum absolute atomic E-state index is 5.32. The molecule has 0 aromatic carbocycles. The molecule has 5 nitrogen and oxygen atoms in total. The number of thioether (sulfide) groups is 1. The summed E-state index contributed by atoms with van der Waals surface area (Å²) in [6.45, 7) is 0.395. The Kier molecular flexibility index (Phi) is 4.14. The van der Waals surface area contributed by atoms with Crippen molar-refractivity contribution in [1.29, 1.82) is 0 Å². The van der Waals surface area contributed by atoms with E-state index in [1.54, 1.807) is 27.8 Å². The average molecular weight is 265 g/mol. The summed E-state index contributed by atoms with van der Waals surface area (Å²) in [6.07, 6.45) is 0. The van der Waals surface area contributed by atoms with Gasteiger partial charge in [0.25, 0.3) is 0 Å². The van der Waals surface area contributed by atoms with Gasteiger partial charge in [0.2, 0.25) is 5.16 Å². The van der Waals surface area contributed by atoms with Gasteiger partial charge in [-0.15, -0.1) is 16.4 Å². The van der Waals surface area contributed by atoms with Crippen molar-refractivity contribution in [1.82, 2.24) is 20.2 Å². The van der Waals surface area contributed by atoms with E-state index >= 15 is 0 Å². The smallest absolute Gasteiger partial charge is 0.209 e. The standard InChI is InChI=1S/C10H11N5S2/c1-15-10(12-13-14-15)16-7-9-5-4-8(17-9)3-2-6-11/h4-5H,6-7,11H2,1H3. The molecule has 0 bridgehead atoms. The highest BCUT2D eigenvalue weighted by Gasteiger charge is 2.04. The third kappa shape index (κ3) is 3.30. The molecule has 0 atom stereocenters. The summed E-state index contributed by atoms with van der Waals surface area (Å²) in [5.74, 6) is 6.71. The van der Waals surface area contributed by atoms with E-state index in [0.29, 0.717) is 6.54 Å². The molecule has 88 valence electrons. The molecular weight excluding hydrogens is 254 g/mol. The molecule has 2 aromatic rings. The number of tetrazole rings is 1. The lowest BCUT2D eigenvalue weighted by molar-refractivity contribution is 0.664. The molecule has 7 heteroatoms. The van der Waals surface area contributed by atoms with Crippen molar-refractivity contribution in [3.8, 4) is 11.8 Å². The highest BCUT2D eigenvalue weighted by atomic mass is 32.2. The predicted molar refractivity (Wildman–Crippen MR) is 68.6 cm³/mol. The highest BCUT2D eigenvalue weighted by Crippen LogP contribution is 2.24. The predicted octanol–water partition coefficient (Wildman–Crippen LogP) is 0.874. The molecule has 0 aliphatic carbocycles. The van der Waals surface area contributed by atoms with Crippen LogP contribution in [0.4, 0.5) is 0 Å². The van der Waals surface area contributed by atoms with Gasteiger partial charge in [-0.2, -0.15) is 0 Å².